The van der Waals surface area contributed by atoms with Crippen molar-refractivity contribution in [3.63, 3.8) is 0 Å². The Balaban J connectivity index is 1.50. The summed E-state index contributed by atoms with van der Waals surface area (Å²) in [6.45, 7) is 5.76. The van der Waals surface area contributed by atoms with E-state index >= 15 is 0 Å². The van der Waals surface area contributed by atoms with Crippen molar-refractivity contribution in [3.8, 4) is 0 Å². The summed E-state index contributed by atoms with van der Waals surface area (Å²) in [4.78, 5) is 19.3. The Kier molecular flexibility index (Phi) is 5.18. The Bertz CT molecular complexity index is 1210. The Labute approximate surface area is 182 Å². The molecule has 0 amide bonds. The van der Waals surface area contributed by atoms with Crippen LogP contribution in [0, 0.1) is 0 Å². The lowest BCUT2D eigenvalue weighted by molar-refractivity contribution is 0.311. The molecule has 9 heteroatoms. The summed E-state index contributed by atoms with van der Waals surface area (Å²) in [6, 6.07) is 4.42. The van der Waals surface area contributed by atoms with E-state index in [1.54, 1.807) is 17.6 Å². The monoisotopic (exact) mass is 440 g/mol. The molecule has 0 aliphatic carbocycles. The highest BCUT2D eigenvalue weighted by molar-refractivity contribution is 7.89. The zero-order chi connectivity index (χ0) is 21.6. The SMILES string of the molecule is CCS(=O)(=O)N1CCCC(c2ncnc3c2CN(c2ccnc4[nH]ccc24)C(C)C3)C1. The molecule has 0 spiro atoms. The molecule has 8 nitrogen and oxygen atoms in total. The fourth-order valence-electron chi connectivity index (χ4n) is 5.00. The smallest absolute Gasteiger partial charge is 0.213 e. The summed E-state index contributed by atoms with van der Waals surface area (Å²) in [6.07, 6.45) is 8.06. The number of pyridine rings is 1. The largest absolute Gasteiger partial charge is 0.363 e. The van der Waals surface area contributed by atoms with Gasteiger partial charge in [-0.1, -0.05) is 0 Å². The lowest BCUT2D eigenvalue weighted by Crippen LogP contribution is -2.42. The highest BCUT2D eigenvalue weighted by atomic mass is 32.2. The summed E-state index contributed by atoms with van der Waals surface area (Å²) >= 11 is 0. The van der Waals surface area contributed by atoms with Gasteiger partial charge in [0, 0.05) is 67.0 Å². The van der Waals surface area contributed by atoms with E-state index in [0.717, 1.165) is 52.9 Å². The van der Waals surface area contributed by atoms with Crippen LogP contribution in [0.4, 0.5) is 5.69 Å². The van der Waals surface area contributed by atoms with Gasteiger partial charge in [-0.25, -0.2) is 27.7 Å². The fraction of sp³-hybridized carbons (Fsp3) is 0.500. The van der Waals surface area contributed by atoms with Gasteiger partial charge in [-0.3, -0.25) is 0 Å². The van der Waals surface area contributed by atoms with Crippen molar-refractivity contribution in [1.29, 1.82) is 0 Å². The minimum absolute atomic E-state index is 0.104. The molecule has 2 aliphatic rings. The summed E-state index contributed by atoms with van der Waals surface area (Å²) < 4.78 is 26.6. The molecule has 3 aromatic heterocycles. The van der Waals surface area contributed by atoms with Crippen molar-refractivity contribution in [2.24, 2.45) is 0 Å². The maximum absolute atomic E-state index is 12.5. The number of fused-ring (bicyclic) bond motifs is 2. The van der Waals surface area contributed by atoms with Gasteiger partial charge in [-0.15, -0.1) is 0 Å². The van der Waals surface area contributed by atoms with Gasteiger partial charge < -0.3 is 9.88 Å². The second-order valence-electron chi connectivity index (χ2n) is 8.53. The van der Waals surface area contributed by atoms with Crippen LogP contribution in [0.2, 0.25) is 0 Å². The molecule has 0 bridgehead atoms. The normalized spacial score (nSPS) is 22.6. The van der Waals surface area contributed by atoms with Crippen LogP contribution in [0.15, 0.2) is 30.9 Å². The van der Waals surface area contributed by atoms with Crippen molar-refractivity contribution in [1.82, 2.24) is 24.2 Å². The van der Waals surface area contributed by atoms with Crippen molar-refractivity contribution in [2.75, 3.05) is 23.7 Å². The molecular formula is C22H28N6O2S. The van der Waals surface area contributed by atoms with E-state index in [4.69, 9.17) is 0 Å². The van der Waals surface area contributed by atoms with Gasteiger partial charge in [-0.2, -0.15) is 0 Å². The molecule has 2 unspecified atom stereocenters. The number of H-pyrrole nitrogens is 1. The van der Waals surface area contributed by atoms with Crippen molar-refractivity contribution >= 4 is 26.7 Å². The fourth-order valence-corrected chi connectivity index (χ4v) is 6.18. The molecule has 3 aromatic rings. The molecule has 2 aliphatic heterocycles. The summed E-state index contributed by atoms with van der Waals surface area (Å²) in [5, 5.41) is 1.11. The van der Waals surface area contributed by atoms with Gasteiger partial charge >= 0.3 is 0 Å². The molecule has 1 fully saturated rings. The van der Waals surface area contributed by atoms with E-state index in [1.807, 2.05) is 12.4 Å². The molecule has 164 valence electrons. The quantitative estimate of drug-likeness (QED) is 0.670. The number of hydrogen-bond donors (Lipinski definition) is 1. The maximum atomic E-state index is 12.5. The minimum atomic E-state index is -3.19. The third-order valence-electron chi connectivity index (χ3n) is 6.69. The Morgan fingerprint density at radius 3 is 2.94 bits per heavy atom. The van der Waals surface area contributed by atoms with Crippen molar-refractivity contribution in [2.45, 2.75) is 51.6 Å². The van der Waals surface area contributed by atoms with Crippen LogP contribution in [-0.2, 0) is 23.0 Å². The lowest BCUT2D eigenvalue weighted by Gasteiger charge is -2.39. The summed E-state index contributed by atoms with van der Waals surface area (Å²) in [7, 11) is -3.19. The average Bonchev–Trinajstić information content (AvgIpc) is 3.27. The molecule has 0 radical (unpaired) electrons. The summed E-state index contributed by atoms with van der Waals surface area (Å²) in [5.41, 5.74) is 5.29. The number of hydrogen-bond acceptors (Lipinski definition) is 6. The zero-order valence-electron chi connectivity index (χ0n) is 18.0. The van der Waals surface area contributed by atoms with Crippen molar-refractivity contribution < 1.29 is 8.42 Å². The van der Waals surface area contributed by atoms with Crippen LogP contribution in [-0.4, -0.2) is 57.5 Å². The first-order chi connectivity index (χ1) is 15.0. The van der Waals surface area contributed by atoms with Crippen molar-refractivity contribution in [3.05, 3.63) is 47.8 Å². The predicted octanol–water partition coefficient (Wildman–Crippen LogP) is 2.83. The molecular weight excluding hydrogens is 412 g/mol. The number of piperidine rings is 1. The van der Waals surface area contributed by atoms with E-state index in [-0.39, 0.29) is 11.7 Å². The highest BCUT2D eigenvalue weighted by Crippen LogP contribution is 2.36. The van der Waals surface area contributed by atoms with E-state index in [1.165, 1.54) is 0 Å². The second kappa shape index (κ2) is 7.87. The highest BCUT2D eigenvalue weighted by Gasteiger charge is 2.34. The first-order valence-corrected chi connectivity index (χ1v) is 12.6. The number of nitrogens with zero attached hydrogens (tertiary/aromatic N) is 5. The minimum Gasteiger partial charge on any atom is -0.363 e. The van der Waals surface area contributed by atoms with Gasteiger partial charge in [0.15, 0.2) is 0 Å². The first-order valence-electron chi connectivity index (χ1n) is 11.0. The number of anilines is 1. The van der Waals surface area contributed by atoms with Crippen LogP contribution in [0.25, 0.3) is 11.0 Å². The summed E-state index contributed by atoms with van der Waals surface area (Å²) in [5.74, 6) is 0.244. The van der Waals surface area contributed by atoms with Crippen LogP contribution in [0.5, 0.6) is 0 Å². The molecule has 5 rings (SSSR count). The van der Waals surface area contributed by atoms with Gasteiger partial charge in [0.05, 0.1) is 17.1 Å². The van der Waals surface area contributed by atoms with E-state index < -0.39 is 10.0 Å². The Morgan fingerprint density at radius 2 is 2.10 bits per heavy atom. The number of aromatic nitrogens is 4. The van der Waals surface area contributed by atoms with Gasteiger partial charge in [0.25, 0.3) is 0 Å². The topological polar surface area (TPSA) is 95.1 Å². The number of sulfonamides is 1. The molecule has 31 heavy (non-hydrogen) atoms. The Hall–Kier alpha value is -2.52. The van der Waals surface area contributed by atoms with Gasteiger partial charge in [0.2, 0.25) is 10.0 Å². The van der Waals surface area contributed by atoms with Crippen LogP contribution < -0.4 is 4.90 Å². The third kappa shape index (κ3) is 3.59. The maximum Gasteiger partial charge on any atom is 0.213 e. The van der Waals surface area contributed by atoms with Crippen LogP contribution >= 0.6 is 0 Å². The predicted molar refractivity (Wildman–Crippen MR) is 120 cm³/mol. The van der Waals surface area contributed by atoms with Crippen LogP contribution in [0.1, 0.15) is 49.6 Å². The molecule has 5 heterocycles. The number of rotatable bonds is 4. The molecule has 1 saturated heterocycles. The third-order valence-corrected chi connectivity index (χ3v) is 8.54. The van der Waals surface area contributed by atoms with E-state index in [2.05, 4.69) is 43.9 Å². The number of nitrogens with one attached hydrogen (secondary N) is 1. The average molecular weight is 441 g/mol. The van der Waals surface area contributed by atoms with Gasteiger partial charge in [-0.05, 0) is 38.8 Å². The molecule has 0 aromatic carbocycles. The molecule has 0 saturated carbocycles. The molecule has 1 N–H and O–H groups in total. The van der Waals surface area contributed by atoms with E-state index in [9.17, 15) is 8.42 Å². The van der Waals surface area contributed by atoms with Crippen LogP contribution in [0.3, 0.4) is 0 Å². The Morgan fingerprint density at radius 1 is 1.23 bits per heavy atom. The van der Waals surface area contributed by atoms with Gasteiger partial charge in [0.1, 0.15) is 12.0 Å². The first kappa shape index (κ1) is 20.4. The number of aromatic amines is 1. The second-order valence-corrected chi connectivity index (χ2v) is 10.8. The molecule has 2 atom stereocenters. The standard InChI is InChI=1S/C22H28N6O2S/c1-3-31(29,30)27-10-4-5-16(12-27)21-18-13-28(15(2)11-19(18)25-14-26-21)20-7-9-24-22-17(20)6-8-23-22/h6-9,14-16H,3-5,10-13H2,1-2H3,(H,23,24). The lowest BCUT2D eigenvalue weighted by atomic mass is 9.88. The zero-order valence-corrected chi connectivity index (χ0v) is 18.8. The van der Waals surface area contributed by atoms with E-state index in [0.29, 0.717) is 25.7 Å².